The second kappa shape index (κ2) is 3.72. The van der Waals surface area contributed by atoms with Crippen molar-refractivity contribution in [3.63, 3.8) is 0 Å². The van der Waals surface area contributed by atoms with Crippen LogP contribution in [0.4, 0.5) is 0 Å². The summed E-state index contributed by atoms with van der Waals surface area (Å²) in [6, 6.07) is 0. The Labute approximate surface area is 53.3 Å². The lowest BCUT2D eigenvalue weighted by atomic mass is 10.6. The van der Waals surface area contributed by atoms with Gasteiger partial charge in [0, 0.05) is 6.08 Å². The molecule has 0 saturated heterocycles. The molecule has 0 aromatic heterocycles. The largest absolute Gasteiger partial charge is 0.509 e. The summed E-state index contributed by atoms with van der Waals surface area (Å²) in [7, 11) is 0. The number of ether oxygens (including phenoxy) is 1. The summed E-state index contributed by atoms with van der Waals surface area (Å²) in [6.07, 6.45) is 1.96. The first-order valence-corrected chi connectivity index (χ1v) is 2.35. The molecule has 0 aromatic carbocycles. The van der Waals surface area contributed by atoms with Gasteiger partial charge >= 0.3 is 5.97 Å². The number of carbonyl (C=O) groups excluding carboxylic acids is 1. The lowest BCUT2D eigenvalue weighted by molar-refractivity contribution is -0.132. The van der Waals surface area contributed by atoms with Crippen molar-refractivity contribution in [3.05, 3.63) is 24.7 Å². The third-order valence-corrected chi connectivity index (χ3v) is 0.512. The molecule has 0 atom stereocenters. The molecule has 0 spiro atoms. The minimum atomic E-state index is -0.580. The highest BCUT2D eigenvalue weighted by atomic mass is 16.5. The fourth-order valence-corrected chi connectivity index (χ4v) is 0.191. The van der Waals surface area contributed by atoms with E-state index in [-0.39, 0.29) is 5.76 Å². The van der Waals surface area contributed by atoms with Crippen molar-refractivity contribution in [2.45, 2.75) is 6.92 Å². The molecule has 50 valence electrons. The van der Waals surface area contributed by atoms with Gasteiger partial charge in [-0.15, -0.1) is 0 Å². The van der Waals surface area contributed by atoms with Gasteiger partial charge in [-0.2, -0.15) is 0 Å². The molecule has 0 aliphatic heterocycles. The molecule has 3 nitrogen and oxygen atoms in total. The van der Waals surface area contributed by atoms with E-state index in [9.17, 15) is 4.79 Å². The molecular weight excluding hydrogens is 120 g/mol. The average molecular weight is 128 g/mol. The fraction of sp³-hybridized carbons (Fsp3) is 0.167. The standard InChI is InChI=1S/C6H8O3/c1-3-6(8)9-4-5(2)7/h3-4,7H,1H2,2H3. The maximum absolute atomic E-state index is 10.2. The number of carbonyl (C=O) groups is 1. The van der Waals surface area contributed by atoms with Gasteiger partial charge in [0.15, 0.2) is 0 Å². The molecule has 3 heteroatoms. The van der Waals surface area contributed by atoms with Gasteiger partial charge in [0.1, 0.15) is 12.0 Å². The molecule has 1 N–H and O–H groups in total. The van der Waals surface area contributed by atoms with Crippen LogP contribution in [0.15, 0.2) is 24.7 Å². The Balaban J connectivity index is 3.63. The second-order valence-electron chi connectivity index (χ2n) is 1.40. The summed E-state index contributed by atoms with van der Waals surface area (Å²) >= 11 is 0. The molecule has 0 fully saturated rings. The molecule has 0 aliphatic carbocycles. The first kappa shape index (κ1) is 7.75. The summed E-state index contributed by atoms with van der Waals surface area (Å²) in [4.78, 5) is 10.2. The molecular formula is C6H8O3. The first-order chi connectivity index (χ1) is 4.16. The minimum Gasteiger partial charge on any atom is -0.509 e. The van der Waals surface area contributed by atoms with Crippen molar-refractivity contribution < 1.29 is 14.6 Å². The van der Waals surface area contributed by atoms with Gasteiger partial charge in [0.25, 0.3) is 0 Å². The van der Waals surface area contributed by atoms with Crippen LogP contribution in [0.3, 0.4) is 0 Å². The lowest BCUT2D eigenvalue weighted by Gasteiger charge is -1.90. The van der Waals surface area contributed by atoms with Gasteiger partial charge in [-0.3, -0.25) is 0 Å². The fourth-order valence-electron chi connectivity index (χ4n) is 0.191. The van der Waals surface area contributed by atoms with Crippen LogP contribution < -0.4 is 0 Å². The lowest BCUT2D eigenvalue weighted by Crippen LogP contribution is -1.92. The number of allylic oxidation sites excluding steroid dienone is 1. The maximum atomic E-state index is 10.2. The summed E-state index contributed by atoms with van der Waals surface area (Å²) in [6.45, 7) is 4.55. The maximum Gasteiger partial charge on any atom is 0.335 e. The van der Waals surface area contributed by atoms with Crippen molar-refractivity contribution >= 4 is 5.97 Å². The molecule has 0 bridgehead atoms. The van der Waals surface area contributed by atoms with E-state index in [1.807, 2.05) is 0 Å². The average Bonchev–Trinajstić information content (AvgIpc) is 1.83. The third-order valence-electron chi connectivity index (χ3n) is 0.512. The molecule has 0 saturated carbocycles. The van der Waals surface area contributed by atoms with E-state index < -0.39 is 5.97 Å². The van der Waals surface area contributed by atoms with Crippen LogP contribution >= 0.6 is 0 Å². The van der Waals surface area contributed by atoms with Crippen molar-refractivity contribution in [3.8, 4) is 0 Å². The van der Waals surface area contributed by atoms with E-state index in [1.54, 1.807) is 0 Å². The van der Waals surface area contributed by atoms with Gasteiger partial charge < -0.3 is 9.84 Å². The van der Waals surface area contributed by atoms with Crippen LogP contribution in [-0.4, -0.2) is 11.1 Å². The number of hydrogen-bond acceptors (Lipinski definition) is 3. The zero-order chi connectivity index (χ0) is 7.28. The molecule has 0 aliphatic rings. The Morgan fingerprint density at radius 2 is 2.33 bits per heavy atom. The van der Waals surface area contributed by atoms with E-state index in [4.69, 9.17) is 5.11 Å². The third kappa shape index (κ3) is 4.61. The number of aliphatic hydroxyl groups is 1. The molecule has 0 amide bonds. The number of esters is 1. The quantitative estimate of drug-likeness (QED) is 0.344. The van der Waals surface area contributed by atoms with Crippen LogP contribution in [0.1, 0.15) is 6.92 Å². The van der Waals surface area contributed by atoms with Gasteiger partial charge in [0.2, 0.25) is 0 Å². The Hall–Kier alpha value is -1.25. The summed E-state index contributed by atoms with van der Waals surface area (Å²) in [5.74, 6) is -0.631. The first-order valence-electron chi connectivity index (χ1n) is 2.35. The highest BCUT2D eigenvalue weighted by Gasteiger charge is 1.89. The van der Waals surface area contributed by atoms with Gasteiger partial charge in [-0.1, -0.05) is 6.58 Å². The van der Waals surface area contributed by atoms with Crippen molar-refractivity contribution in [2.24, 2.45) is 0 Å². The zero-order valence-electron chi connectivity index (χ0n) is 5.13. The SMILES string of the molecule is C=CC(=O)OC=C(C)O. The van der Waals surface area contributed by atoms with Crippen LogP contribution in [0.2, 0.25) is 0 Å². The van der Waals surface area contributed by atoms with E-state index >= 15 is 0 Å². The normalized spacial score (nSPS) is 10.6. The predicted molar refractivity (Wildman–Crippen MR) is 32.7 cm³/mol. The molecule has 0 rings (SSSR count). The van der Waals surface area contributed by atoms with Gasteiger partial charge in [-0.05, 0) is 6.92 Å². The summed E-state index contributed by atoms with van der Waals surface area (Å²) < 4.78 is 4.28. The summed E-state index contributed by atoms with van der Waals surface area (Å²) in [5, 5.41) is 8.45. The van der Waals surface area contributed by atoms with Crippen LogP contribution in [0.25, 0.3) is 0 Å². The van der Waals surface area contributed by atoms with Gasteiger partial charge in [-0.25, -0.2) is 4.79 Å². The van der Waals surface area contributed by atoms with E-state index in [0.717, 1.165) is 12.3 Å². The molecule has 0 heterocycles. The Morgan fingerprint density at radius 1 is 1.78 bits per heavy atom. The van der Waals surface area contributed by atoms with E-state index in [1.165, 1.54) is 6.92 Å². The molecule has 0 radical (unpaired) electrons. The van der Waals surface area contributed by atoms with Gasteiger partial charge in [0.05, 0.1) is 0 Å². The Kier molecular flexibility index (Phi) is 3.20. The molecule has 0 aromatic rings. The van der Waals surface area contributed by atoms with Crippen molar-refractivity contribution in [1.82, 2.24) is 0 Å². The monoisotopic (exact) mass is 128 g/mol. The Bertz CT molecular complexity index is 142. The number of rotatable bonds is 2. The second-order valence-corrected chi connectivity index (χ2v) is 1.40. The van der Waals surface area contributed by atoms with E-state index in [0.29, 0.717) is 0 Å². The minimum absolute atomic E-state index is 0.0507. The van der Waals surface area contributed by atoms with Crippen molar-refractivity contribution in [1.29, 1.82) is 0 Å². The zero-order valence-corrected chi connectivity index (χ0v) is 5.13. The summed E-state index contributed by atoms with van der Waals surface area (Å²) in [5.41, 5.74) is 0. The van der Waals surface area contributed by atoms with E-state index in [2.05, 4.69) is 11.3 Å². The number of aliphatic hydroxyl groups excluding tert-OH is 1. The molecule has 9 heavy (non-hydrogen) atoms. The molecule has 0 unspecified atom stereocenters. The number of hydrogen-bond donors (Lipinski definition) is 1. The highest BCUT2D eigenvalue weighted by molar-refractivity contribution is 5.81. The van der Waals surface area contributed by atoms with Crippen LogP contribution in [-0.2, 0) is 9.53 Å². The Morgan fingerprint density at radius 3 is 2.67 bits per heavy atom. The smallest absolute Gasteiger partial charge is 0.335 e. The predicted octanol–water partition coefficient (Wildman–Crippen LogP) is 1.13. The van der Waals surface area contributed by atoms with Crippen molar-refractivity contribution in [2.75, 3.05) is 0 Å². The topological polar surface area (TPSA) is 46.5 Å². The van der Waals surface area contributed by atoms with Crippen LogP contribution in [0.5, 0.6) is 0 Å². The van der Waals surface area contributed by atoms with Crippen LogP contribution in [0, 0.1) is 0 Å². The highest BCUT2D eigenvalue weighted by Crippen LogP contribution is 1.86.